The molecule has 1 aliphatic heterocycles. The van der Waals surface area contributed by atoms with E-state index in [0.29, 0.717) is 12.6 Å². The number of amides is 1. The van der Waals surface area contributed by atoms with E-state index < -0.39 is 0 Å². The maximum Gasteiger partial charge on any atom is 0.240 e. The molecule has 1 atom stereocenters. The van der Waals surface area contributed by atoms with Gasteiger partial charge in [0.15, 0.2) is 0 Å². The summed E-state index contributed by atoms with van der Waals surface area (Å²) >= 11 is 0. The number of piperidine rings is 1. The maximum absolute atomic E-state index is 12.4. The molecule has 104 valence electrons. The van der Waals surface area contributed by atoms with E-state index in [4.69, 9.17) is 0 Å². The second-order valence-corrected chi connectivity index (χ2v) is 5.58. The fourth-order valence-electron chi connectivity index (χ4n) is 2.47. The van der Waals surface area contributed by atoms with Crippen LogP contribution in [0.1, 0.15) is 37.9 Å². The molecule has 2 rings (SSSR count). The van der Waals surface area contributed by atoms with E-state index in [9.17, 15) is 4.79 Å². The molecular weight excluding hydrogens is 238 g/mol. The second-order valence-electron chi connectivity index (χ2n) is 5.58. The topological polar surface area (TPSA) is 45.2 Å². The van der Waals surface area contributed by atoms with Gasteiger partial charge in [0.2, 0.25) is 5.91 Å². The van der Waals surface area contributed by atoms with Gasteiger partial charge in [0.05, 0.1) is 6.04 Å². The third kappa shape index (κ3) is 3.77. The molecule has 1 aromatic rings. The summed E-state index contributed by atoms with van der Waals surface area (Å²) in [6.45, 7) is 7.65. The lowest BCUT2D eigenvalue weighted by Gasteiger charge is -2.33. The lowest BCUT2D eigenvalue weighted by Crippen LogP contribution is -2.51. The average molecular weight is 261 g/mol. The summed E-state index contributed by atoms with van der Waals surface area (Å²) in [5.41, 5.74) is 2.11. The van der Waals surface area contributed by atoms with Gasteiger partial charge in [0.25, 0.3) is 0 Å². The minimum absolute atomic E-state index is 0.0212. The first-order valence-corrected chi connectivity index (χ1v) is 7.02. The van der Waals surface area contributed by atoms with Crippen molar-refractivity contribution in [3.63, 3.8) is 0 Å². The van der Waals surface area contributed by atoms with Gasteiger partial charge < -0.3 is 10.2 Å². The number of likely N-dealkylation sites (tertiary alicyclic amines) is 1. The van der Waals surface area contributed by atoms with Crippen LogP contribution in [-0.4, -0.2) is 34.4 Å². The Kier molecular flexibility index (Phi) is 4.53. The molecule has 1 fully saturated rings. The molecule has 2 heterocycles. The smallest absolute Gasteiger partial charge is 0.240 e. The molecule has 1 aliphatic rings. The predicted octanol–water partition coefficient (Wildman–Crippen LogP) is 1.88. The molecule has 0 saturated carbocycles. The fraction of sp³-hybridized carbons (Fsp3) is 0.600. The van der Waals surface area contributed by atoms with E-state index in [1.165, 1.54) is 0 Å². The Morgan fingerprint density at radius 2 is 2.26 bits per heavy atom. The molecule has 1 N–H and O–H groups in total. The molecule has 0 spiro atoms. The lowest BCUT2D eigenvalue weighted by molar-refractivity contribution is -0.136. The van der Waals surface area contributed by atoms with Crippen LogP contribution in [0.5, 0.6) is 0 Å². The fourth-order valence-corrected chi connectivity index (χ4v) is 2.47. The van der Waals surface area contributed by atoms with Crippen molar-refractivity contribution >= 4 is 5.91 Å². The molecule has 4 heteroatoms. The molecule has 1 unspecified atom stereocenters. The van der Waals surface area contributed by atoms with Gasteiger partial charge in [-0.1, -0.05) is 19.9 Å². The number of hydrogen-bond donors (Lipinski definition) is 1. The summed E-state index contributed by atoms with van der Waals surface area (Å²) in [6, 6.07) is 4.37. The molecule has 1 aromatic heterocycles. The van der Waals surface area contributed by atoms with Crippen LogP contribution in [-0.2, 0) is 11.3 Å². The zero-order valence-electron chi connectivity index (χ0n) is 12.0. The standard InChI is InChI=1S/C15H23N3O/c1-11(2)17-14-5-4-8-18(15(14)19)10-13-7-6-12(3)16-9-13/h6-7,9,11,14,17H,4-5,8,10H2,1-3H3. The number of aryl methyl sites for hydroxylation is 1. The third-order valence-corrected chi connectivity index (χ3v) is 3.41. The van der Waals surface area contributed by atoms with Gasteiger partial charge in [0.1, 0.15) is 0 Å². The summed E-state index contributed by atoms with van der Waals surface area (Å²) in [5.74, 6) is 0.223. The summed E-state index contributed by atoms with van der Waals surface area (Å²) < 4.78 is 0. The number of hydrogen-bond acceptors (Lipinski definition) is 3. The first kappa shape index (κ1) is 14.0. The van der Waals surface area contributed by atoms with E-state index in [0.717, 1.165) is 30.6 Å². The van der Waals surface area contributed by atoms with Crippen LogP contribution in [0.4, 0.5) is 0 Å². The van der Waals surface area contributed by atoms with Crippen molar-refractivity contribution in [1.29, 1.82) is 0 Å². The van der Waals surface area contributed by atoms with Crippen LogP contribution < -0.4 is 5.32 Å². The molecular formula is C15H23N3O. The molecule has 0 radical (unpaired) electrons. The molecule has 0 aliphatic carbocycles. The quantitative estimate of drug-likeness (QED) is 0.900. The molecule has 0 aromatic carbocycles. The summed E-state index contributed by atoms with van der Waals surface area (Å²) in [5, 5.41) is 3.35. The SMILES string of the molecule is Cc1ccc(CN2CCCC(NC(C)C)C2=O)cn1. The number of nitrogens with zero attached hydrogens (tertiary/aromatic N) is 2. The van der Waals surface area contributed by atoms with E-state index in [-0.39, 0.29) is 11.9 Å². The summed E-state index contributed by atoms with van der Waals surface area (Å²) in [7, 11) is 0. The van der Waals surface area contributed by atoms with Crippen LogP contribution in [0.25, 0.3) is 0 Å². The average Bonchev–Trinajstić information content (AvgIpc) is 2.36. The van der Waals surface area contributed by atoms with Gasteiger partial charge in [-0.2, -0.15) is 0 Å². The third-order valence-electron chi connectivity index (χ3n) is 3.41. The van der Waals surface area contributed by atoms with Crippen molar-refractivity contribution in [2.45, 2.75) is 52.2 Å². The Hall–Kier alpha value is -1.42. The Bertz CT molecular complexity index is 428. The van der Waals surface area contributed by atoms with Gasteiger partial charge in [-0.25, -0.2) is 0 Å². The monoisotopic (exact) mass is 261 g/mol. The highest BCUT2D eigenvalue weighted by atomic mass is 16.2. The van der Waals surface area contributed by atoms with Gasteiger partial charge in [-0.3, -0.25) is 9.78 Å². The van der Waals surface area contributed by atoms with Gasteiger partial charge in [-0.15, -0.1) is 0 Å². The predicted molar refractivity (Wildman–Crippen MR) is 75.7 cm³/mol. The Labute approximate surface area is 115 Å². The van der Waals surface area contributed by atoms with E-state index in [1.807, 2.05) is 24.1 Å². The van der Waals surface area contributed by atoms with Crippen LogP contribution in [0, 0.1) is 6.92 Å². The molecule has 0 bridgehead atoms. The van der Waals surface area contributed by atoms with Crippen molar-refractivity contribution in [2.75, 3.05) is 6.54 Å². The Morgan fingerprint density at radius 3 is 2.89 bits per heavy atom. The summed E-state index contributed by atoms with van der Waals surface area (Å²) in [4.78, 5) is 18.6. The molecule has 1 saturated heterocycles. The first-order chi connectivity index (χ1) is 9.06. The minimum atomic E-state index is -0.0212. The van der Waals surface area contributed by atoms with Crippen molar-refractivity contribution < 1.29 is 4.79 Å². The second kappa shape index (κ2) is 6.15. The van der Waals surface area contributed by atoms with Crippen LogP contribution >= 0.6 is 0 Å². The number of aromatic nitrogens is 1. The van der Waals surface area contributed by atoms with Crippen molar-refractivity contribution in [1.82, 2.24) is 15.2 Å². The van der Waals surface area contributed by atoms with Crippen molar-refractivity contribution in [2.24, 2.45) is 0 Å². The zero-order valence-corrected chi connectivity index (χ0v) is 12.0. The number of rotatable bonds is 4. The van der Waals surface area contributed by atoms with E-state index in [2.05, 4.69) is 30.2 Å². The van der Waals surface area contributed by atoms with Crippen molar-refractivity contribution in [3.8, 4) is 0 Å². The van der Waals surface area contributed by atoms with Gasteiger partial charge >= 0.3 is 0 Å². The lowest BCUT2D eigenvalue weighted by atomic mass is 10.0. The van der Waals surface area contributed by atoms with E-state index >= 15 is 0 Å². The van der Waals surface area contributed by atoms with Crippen LogP contribution in [0.3, 0.4) is 0 Å². The normalized spacial score (nSPS) is 20.1. The highest BCUT2D eigenvalue weighted by molar-refractivity contribution is 5.82. The van der Waals surface area contributed by atoms with Gasteiger partial charge in [0, 0.05) is 31.0 Å². The minimum Gasteiger partial charge on any atom is -0.337 e. The molecule has 19 heavy (non-hydrogen) atoms. The van der Waals surface area contributed by atoms with Gasteiger partial charge in [-0.05, 0) is 31.4 Å². The number of pyridine rings is 1. The molecule has 4 nitrogen and oxygen atoms in total. The molecule has 1 amide bonds. The number of carbonyl (C=O) groups is 1. The zero-order chi connectivity index (χ0) is 13.8. The van der Waals surface area contributed by atoms with Crippen molar-refractivity contribution in [3.05, 3.63) is 29.6 Å². The number of carbonyl (C=O) groups excluding carboxylic acids is 1. The highest BCUT2D eigenvalue weighted by Gasteiger charge is 2.28. The van der Waals surface area contributed by atoms with E-state index in [1.54, 1.807) is 0 Å². The maximum atomic E-state index is 12.4. The Balaban J connectivity index is 1.99. The van der Waals surface area contributed by atoms with Crippen LogP contribution in [0.2, 0.25) is 0 Å². The number of nitrogens with one attached hydrogen (secondary N) is 1. The Morgan fingerprint density at radius 1 is 1.47 bits per heavy atom. The summed E-state index contributed by atoms with van der Waals surface area (Å²) in [6.07, 6.45) is 3.87. The largest absolute Gasteiger partial charge is 0.337 e. The first-order valence-electron chi connectivity index (χ1n) is 7.02. The van der Waals surface area contributed by atoms with Crippen LogP contribution in [0.15, 0.2) is 18.3 Å². The highest BCUT2D eigenvalue weighted by Crippen LogP contribution is 2.15.